The molecule has 2 heterocycles. The molecule has 0 saturated carbocycles. The van der Waals surface area contributed by atoms with Gasteiger partial charge in [-0.1, -0.05) is 6.92 Å². The van der Waals surface area contributed by atoms with Gasteiger partial charge in [-0.25, -0.2) is 13.4 Å². The largest absolute Gasteiger partial charge is 0.332 e. The van der Waals surface area contributed by atoms with E-state index in [1.165, 1.54) is 17.5 Å². The van der Waals surface area contributed by atoms with Gasteiger partial charge < -0.3 is 4.98 Å². The van der Waals surface area contributed by atoms with E-state index < -0.39 is 10.0 Å². The molecule has 0 fully saturated rings. The number of nitrogens with one attached hydrogen (secondary N) is 1. The molecule has 7 nitrogen and oxygen atoms in total. The van der Waals surface area contributed by atoms with Gasteiger partial charge >= 0.3 is 0 Å². The van der Waals surface area contributed by atoms with E-state index in [1.807, 2.05) is 6.92 Å². The number of rotatable bonds is 5. The Bertz CT molecular complexity index is 658. The van der Waals surface area contributed by atoms with E-state index in [2.05, 4.69) is 15.1 Å². The molecular weight excluding hydrogens is 266 g/mol. The predicted octanol–water partition coefficient (Wildman–Crippen LogP) is 0.526. The van der Waals surface area contributed by atoms with Crippen molar-refractivity contribution in [2.75, 3.05) is 7.05 Å². The van der Waals surface area contributed by atoms with Crippen LogP contribution in [-0.4, -0.2) is 39.5 Å². The van der Waals surface area contributed by atoms with E-state index in [0.29, 0.717) is 12.2 Å². The van der Waals surface area contributed by atoms with Crippen molar-refractivity contribution >= 4 is 10.0 Å². The molecular formula is C11H17N5O2S. The van der Waals surface area contributed by atoms with Crippen molar-refractivity contribution in [3.8, 4) is 0 Å². The van der Waals surface area contributed by atoms with Crippen molar-refractivity contribution in [3.05, 3.63) is 30.0 Å². The van der Waals surface area contributed by atoms with Gasteiger partial charge in [-0.2, -0.15) is 9.40 Å². The molecule has 0 atom stereocenters. The first-order valence-electron chi connectivity index (χ1n) is 5.91. The Morgan fingerprint density at radius 1 is 1.42 bits per heavy atom. The summed E-state index contributed by atoms with van der Waals surface area (Å²) in [6.07, 6.45) is 5.46. The maximum absolute atomic E-state index is 12.3. The van der Waals surface area contributed by atoms with Gasteiger partial charge in [0, 0.05) is 38.8 Å². The van der Waals surface area contributed by atoms with Crippen molar-refractivity contribution in [2.45, 2.75) is 24.9 Å². The SMILES string of the molecule is CCc1ncc(S(=O)(=O)N(C)Cc2cnn(C)c2)[nH]1. The number of hydrogen-bond acceptors (Lipinski definition) is 4. The van der Waals surface area contributed by atoms with Gasteiger partial charge in [-0.3, -0.25) is 4.68 Å². The maximum Gasteiger partial charge on any atom is 0.260 e. The lowest BCUT2D eigenvalue weighted by Gasteiger charge is -2.14. The summed E-state index contributed by atoms with van der Waals surface area (Å²) >= 11 is 0. The van der Waals surface area contributed by atoms with E-state index >= 15 is 0 Å². The molecule has 0 aromatic carbocycles. The summed E-state index contributed by atoms with van der Waals surface area (Å²) in [6, 6.07) is 0. The molecule has 0 saturated heterocycles. The van der Waals surface area contributed by atoms with Gasteiger partial charge in [-0.05, 0) is 0 Å². The molecule has 8 heteroatoms. The van der Waals surface area contributed by atoms with Gasteiger partial charge in [0.05, 0.1) is 12.4 Å². The Labute approximate surface area is 112 Å². The van der Waals surface area contributed by atoms with E-state index in [9.17, 15) is 8.42 Å². The molecule has 2 rings (SSSR count). The van der Waals surface area contributed by atoms with Crippen LogP contribution < -0.4 is 0 Å². The standard InChI is InChI=1S/C11H17N5O2S/c1-4-10-12-6-11(14-10)19(17,18)16(3)8-9-5-13-15(2)7-9/h5-7H,4,8H2,1-3H3,(H,12,14). The third-order valence-electron chi connectivity index (χ3n) is 2.79. The fraction of sp³-hybridized carbons (Fsp3) is 0.455. The van der Waals surface area contributed by atoms with E-state index in [4.69, 9.17) is 0 Å². The molecule has 0 aliphatic carbocycles. The number of aromatic nitrogens is 4. The van der Waals surface area contributed by atoms with Crippen LogP contribution in [0.3, 0.4) is 0 Å². The summed E-state index contributed by atoms with van der Waals surface area (Å²) in [5.41, 5.74) is 0.837. The summed E-state index contributed by atoms with van der Waals surface area (Å²) in [6.45, 7) is 2.19. The van der Waals surface area contributed by atoms with Crippen molar-refractivity contribution in [1.82, 2.24) is 24.1 Å². The third-order valence-corrected chi connectivity index (χ3v) is 4.50. The smallest absolute Gasteiger partial charge is 0.260 e. The van der Waals surface area contributed by atoms with Gasteiger partial charge in [0.15, 0.2) is 5.03 Å². The van der Waals surface area contributed by atoms with Crippen molar-refractivity contribution in [3.63, 3.8) is 0 Å². The summed E-state index contributed by atoms with van der Waals surface area (Å²) in [5, 5.41) is 4.14. The van der Waals surface area contributed by atoms with Crippen LogP contribution in [0.25, 0.3) is 0 Å². The third kappa shape index (κ3) is 2.85. The lowest BCUT2D eigenvalue weighted by atomic mass is 10.4. The maximum atomic E-state index is 12.3. The molecule has 0 radical (unpaired) electrons. The second-order valence-electron chi connectivity index (χ2n) is 4.33. The van der Waals surface area contributed by atoms with Gasteiger partial charge in [0.2, 0.25) is 0 Å². The number of sulfonamides is 1. The second kappa shape index (κ2) is 5.14. The first kappa shape index (κ1) is 13.8. The van der Waals surface area contributed by atoms with Crippen LogP contribution in [0.2, 0.25) is 0 Å². The zero-order valence-electron chi connectivity index (χ0n) is 11.2. The number of aryl methyl sites for hydroxylation is 2. The molecule has 2 aromatic heterocycles. The zero-order valence-corrected chi connectivity index (χ0v) is 12.0. The van der Waals surface area contributed by atoms with E-state index in [0.717, 1.165) is 5.56 Å². The number of H-pyrrole nitrogens is 1. The van der Waals surface area contributed by atoms with Crippen LogP contribution in [-0.2, 0) is 30.0 Å². The zero-order chi connectivity index (χ0) is 14.0. The fourth-order valence-corrected chi connectivity index (χ4v) is 2.81. The van der Waals surface area contributed by atoms with E-state index in [-0.39, 0.29) is 11.6 Å². The van der Waals surface area contributed by atoms with Crippen LogP contribution in [0.5, 0.6) is 0 Å². The molecule has 19 heavy (non-hydrogen) atoms. The monoisotopic (exact) mass is 283 g/mol. The number of hydrogen-bond donors (Lipinski definition) is 1. The summed E-state index contributed by atoms with van der Waals surface area (Å²) in [7, 11) is -0.210. The van der Waals surface area contributed by atoms with Crippen LogP contribution in [0.15, 0.2) is 23.6 Å². The Morgan fingerprint density at radius 3 is 2.68 bits per heavy atom. The molecule has 104 valence electrons. The van der Waals surface area contributed by atoms with Gasteiger partial charge in [0.1, 0.15) is 5.82 Å². The lowest BCUT2D eigenvalue weighted by Crippen LogP contribution is -2.26. The van der Waals surface area contributed by atoms with Crippen LogP contribution >= 0.6 is 0 Å². The van der Waals surface area contributed by atoms with Crippen LogP contribution in [0.4, 0.5) is 0 Å². The average molecular weight is 283 g/mol. The molecule has 0 aliphatic rings. The van der Waals surface area contributed by atoms with Crippen molar-refractivity contribution < 1.29 is 8.42 Å². The van der Waals surface area contributed by atoms with Gasteiger partial charge in [0.25, 0.3) is 10.0 Å². The fourth-order valence-electron chi connectivity index (χ4n) is 1.72. The van der Waals surface area contributed by atoms with Gasteiger partial charge in [-0.15, -0.1) is 0 Å². The Morgan fingerprint density at radius 2 is 2.16 bits per heavy atom. The highest BCUT2D eigenvalue weighted by Crippen LogP contribution is 2.14. The number of aromatic amines is 1. The molecule has 0 amide bonds. The highest BCUT2D eigenvalue weighted by molar-refractivity contribution is 7.89. The molecule has 1 N–H and O–H groups in total. The minimum atomic E-state index is -3.54. The normalized spacial score (nSPS) is 12.2. The molecule has 0 aliphatic heterocycles. The molecule has 0 bridgehead atoms. The van der Waals surface area contributed by atoms with Crippen LogP contribution in [0.1, 0.15) is 18.3 Å². The second-order valence-corrected chi connectivity index (χ2v) is 6.34. The summed E-state index contributed by atoms with van der Waals surface area (Å²) < 4.78 is 27.5. The minimum absolute atomic E-state index is 0.121. The summed E-state index contributed by atoms with van der Waals surface area (Å²) in [4.78, 5) is 6.83. The average Bonchev–Trinajstić information content (AvgIpc) is 2.98. The Balaban J connectivity index is 2.19. The number of imidazole rings is 1. The number of nitrogens with zero attached hydrogens (tertiary/aromatic N) is 4. The van der Waals surface area contributed by atoms with Crippen molar-refractivity contribution in [1.29, 1.82) is 0 Å². The highest BCUT2D eigenvalue weighted by Gasteiger charge is 2.23. The summed E-state index contributed by atoms with van der Waals surface area (Å²) in [5.74, 6) is 0.661. The Kier molecular flexibility index (Phi) is 3.72. The van der Waals surface area contributed by atoms with Crippen molar-refractivity contribution in [2.24, 2.45) is 7.05 Å². The topological polar surface area (TPSA) is 83.9 Å². The van der Waals surface area contributed by atoms with Crippen LogP contribution in [0, 0.1) is 0 Å². The lowest BCUT2D eigenvalue weighted by molar-refractivity contribution is 0.464. The molecule has 0 spiro atoms. The quantitative estimate of drug-likeness (QED) is 0.867. The molecule has 2 aromatic rings. The molecule has 0 unspecified atom stereocenters. The first-order valence-corrected chi connectivity index (χ1v) is 7.35. The predicted molar refractivity (Wildman–Crippen MR) is 69.8 cm³/mol. The van der Waals surface area contributed by atoms with E-state index in [1.54, 1.807) is 24.1 Å². The Hall–Kier alpha value is -1.67. The highest BCUT2D eigenvalue weighted by atomic mass is 32.2. The minimum Gasteiger partial charge on any atom is -0.332 e. The first-order chi connectivity index (χ1) is 8.93.